The van der Waals surface area contributed by atoms with Crippen molar-refractivity contribution in [2.24, 2.45) is 0 Å². The number of rotatable bonds is 7. The highest BCUT2D eigenvalue weighted by molar-refractivity contribution is 7.92. The molecule has 178 valence electrons. The zero-order valence-electron chi connectivity index (χ0n) is 20.3. The van der Waals surface area contributed by atoms with E-state index < -0.39 is 15.1 Å². The molecule has 0 aliphatic heterocycles. The Balaban J connectivity index is 2.20. The van der Waals surface area contributed by atoms with Crippen LogP contribution in [0.25, 0.3) is 11.3 Å². The molecule has 0 spiro atoms. The number of aryl methyl sites for hydroxylation is 1. The fourth-order valence-electron chi connectivity index (χ4n) is 3.49. The maximum atomic E-state index is 12.9. The second-order valence-electron chi connectivity index (χ2n) is 8.59. The molecule has 7 nitrogen and oxygen atoms in total. The minimum Gasteiger partial charge on any atom is -0.490 e. The summed E-state index contributed by atoms with van der Waals surface area (Å²) in [5.41, 5.74) is 10.0. The van der Waals surface area contributed by atoms with E-state index in [-0.39, 0.29) is 16.9 Å². The summed E-state index contributed by atoms with van der Waals surface area (Å²) < 4.78 is 31.9. The van der Waals surface area contributed by atoms with Crippen LogP contribution in [0.4, 0.5) is 17.5 Å². The normalized spacial score (nSPS) is 11.5. The number of nitrogens with two attached hydrogens (primary N) is 1. The number of anilines is 3. The average Bonchev–Trinajstić information content (AvgIpc) is 2.76. The predicted molar refractivity (Wildman–Crippen MR) is 137 cm³/mol. The Labute approximate surface area is 201 Å². The van der Waals surface area contributed by atoms with Crippen LogP contribution in [0.15, 0.2) is 41.3 Å². The number of terminal acetylenes is 1. The minimum atomic E-state index is -3.53. The SMILES string of the molecule is C#Cc1cc(-c2nc(N)nc(Nc3ccccc3S(=O)(=O)C(C)C)c2C)c(OC(C)C)cc1C. The van der Waals surface area contributed by atoms with Crippen molar-refractivity contribution in [3.63, 3.8) is 0 Å². The number of sulfone groups is 1. The molecule has 2 aromatic carbocycles. The van der Waals surface area contributed by atoms with Gasteiger partial charge in [-0.2, -0.15) is 4.98 Å². The summed E-state index contributed by atoms with van der Waals surface area (Å²) in [6.07, 6.45) is 5.64. The summed E-state index contributed by atoms with van der Waals surface area (Å²) in [7, 11) is -3.53. The van der Waals surface area contributed by atoms with Crippen LogP contribution in [-0.2, 0) is 9.84 Å². The summed E-state index contributed by atoms with van der Waals surface area (Å²) in [5, 5.41) is 2.59. The van der Waals surface area contributed by atoms with Crippen LogP contribution in [0.3, 0.4) is 0 Å². The van der Waals surface area contributed by atoms with Gasteiger partial charge in [0.1, 0.15) is 11.6 Å². The van der Waals surface area contributed by atoms with Crippen LogP contribution in [0, 0.1) is 26.2 Å². The maximum absolute atomic E-state index is 12.9. The minimum absolute atomic E-state index is 0.0330. The Morgan fingerprint density at radius 1 is 1.09 bits per heavy atom. The molecule has 0 aliphatic carbocycles. The highest BCUT2D eigenvalue weighted by Gasteiger charge is 2.24. The Hall–Kier alpha value is -3.57. The summed E-state index contributed by atoms with van der Waals surface area (Å²) in [6.45, 7) is 10.9. The molecule has 3 aromatic rings. The average molecular weight is 479 g/mol. The molecule has 0 atom stereocenters. The van der Waals surface area contributed by atoms with Crippen molar-refractivity contribution < 1.29 is 13.2 Å². The van der Waals surface area contributed by atoms with E-state index in [0.717, 1.165) is 5.56 Å². The molecule has 1 heterocycles. The lowest BCUT2D eigenvalue weighted by molar-refractivity contribution is 0.243. The molecular weight excluding hydrogens is 448 g/mol. The van der Waals surface area contributed by atoms with Gasteiger partial charge in [-0.1, -0.05) is 18.1 Å². The van der Waals surface area contributed by atoms with Gasteiger partial charge in [-0.25, -0.2) is 13.4 Å². The summed E-state index contributed by atoms with van der Waals surface area (Å²) >= 11 is 0. The number of aromatic nitrogens is 2. The lowest BCUT2D eigenvalue weighted by Gasteiger charge is -2.19. The number of para-hydroxylation sites is 1. The van der Waals surface area contributed by atoms with Crippen molar-refractivity contribution in [3.8, 4) is 29.4 Å². The zero-order chi connectivity index (χ0) is 25.2. The fraction of sp³-hybridized carbons (Fsp3) is 0.308. The van der Waals surface area contributed by atoms with Gasteiger partial charge in [-0.05, 0) is 71.4 Å². The number of nitrogens with zero attached hydrogens (tertiary/aromatic N) is 2. The number of hydrogen-bond acceptors (Lipinski definition) is 7. The first-order valence-electron chi connectivity index (χ1n) is 11.0. The van der Waals surface area contributed by atoms with Gasteiger partial charge in [0.15, 0.2) is 9.84 Å². The molecule has 3 rings (SSSR count). The van der Waals surface area contributed by atoms with Gasteiger partial charge in [0.05, 0.1) is 27.6 Å². The van der Waals surface area contributed by atoms with Crippen molar-refractivity contribution in [2.45, 2.75) is 57.8 Å². The topological polar surface area (TPSA) is 107 Å². The van der Waals surface area contributed by atoms with Gasteiger partial charge < -0.3 is 15.8 Å². The molecule has 0 saturated carbocycles. The molecule has 0 radical (unpaired) electrons. The van der Waals surface area contributed by atoms with Gasteiger partial charge in [-0.3, -0.25) is 0 Å². The van der Waals surface area contributed by atoms with E-state index in [9.17, 15) is 8.42 Å². The highest BCUT2D eigenvalue weighted by Crippen LogP contribution is 2.37. The third-order valence-corrected chi connectivity index (χ3v) is 7.54. The molecule has 1 aromatic heterocycles. The first kappa shape index (κ1) is 25.1. The Morgan fingerprint density at radius 2 is 1.76 bits per heavy atom. The van der Waals surface area contributed by atoms with E-state index in [1.165, 1.54) is 0 Å². The first-order valence-corrected chi connectivity index (χ1v) is 12.5. The molecule has 0 amide bonds. The number of hydrogen-bond donors (Lipinski definition) is 2. The third-order valence-electron chi connectivity index (χ3n) is 5.33. The number of nitrogens with one attached hydrogen (secondary N) is 1. The molecule has 0 saturated heterocycles. The largest absolute Gasteiger partial charge is 0.490 e. The fourth-order valence-corrected chi connectivity index (χ4v) is 4.69. The molecule has 3 N–H and O–H groups in total. The second-order valence-corrected chi connectivity index (χ2v) is 11.1. The van der Waals surface area contributed by atoms with E-state index >= 15 is 0 Å². The van der Waals surface area contributed by atoms with Crippen LogP contribution < -0.4 is 15.8 Å². The Bertz CT molecular complexity index is 1370. The van der Waals surface area contributed by atoms with Crippen molar-refractivity contribution in [1.29, 1.82) is 0 Å². The first-order chi connectivity index (χ1) is 15.9. The van der Waals surface area contributed by atoms with Crippen molar-refractivity contribution in [3.05, 3.63) is 53.1 Å². The molecule has 0 aliphatic rings. The Kier molecular flexibility index (Phi) is 7.18. The maximum Gasteiger partial charge on any atom is 0.222 e. The molecular formula is C26H30N4O3S. The predicted octanol–water partition coefficient (Wildman–Crippen LogP) is 5.04. The van der Waals surface area contributed by atoms with E-state index in [1.807, 2.05) is 39.8 Å². The van der Waals surface area contributed by atoms with Gasteiger partial charge in [-0.15, -0.1) is 6.42 Å². The van der Waals surface area contributed by atoms with Gasteiger partial charge in [0, 0.05) is 16.7 Å². The van der Waals surface area contributed by atoms with E-state index in [4.69, 9.17) is 16.9 Å². The van der Waals surface area contributed by atoms with E-state index in [2.05, 4.69) is 21.2 Å². The smallest absolute Gasteiger partial charge is 0.222 e. The molecule has 34 heavy (non-hydrogen) atoms. The highest BCUT2D eigenvalue weighted by atomic mass is 32.2. The van der Waals surface area contributed by atoms with Crippen molar-refractivity contribution >= 4 is 27.3 Å². The van der Waals surface area contributed by atoms with E-state index in [0.29, 0.717) is 39.6 Å². The number of nitrogen functional groups attached to an aromatic ring is 1. The van der Waals surface area contributed by atoms with Crippen LogP contribution in [-0.4, -0.2) is 29.7 Å². The number of ether oxygens (including phenoxy) is 1. The van der Waals surface area contributed by atoms with Gasteiger partial charge in [0.2, 0.25) is 5.95 Å². The van der Waals surface area contributed by atoms with E-state index in [1.54, 1.807) is 38.1 Å². The second kappa shape index (κ2) is 9.74. The molecule has 0 unspecified atom stereocenters. The van der Waals surface area contributed by atoms with Crippen LogP contribution >= 0.6 is 0 Å². The lowest BCUT2D eigenvalue weighted by Crippen LogP contribution is -2.16. The molecule has 0 fully saturated rings. The lowest BCUT2D eigenvalue weighted by atomic mass is 9.99. The molecule has 0 bridgehead atoms. The summed E-state index contributed by atoms with van der Waals surface area (Å²) in [6, 6.07) is 10.5. The van der Waals surface area contributed by atoms with Gasteiger partial charge >= 0.3 is 0 Å². The standard InChI is InChI=1S/C26H30N4O3S/c1-8-19-14-20(22(13-17(19)6)33-15(2)3)24-18(7)25(30-26(27)29-24)28-21-11-9-10-12-23(21)34(31,32)16(4)5/h1,9-16H,2-7H3,(H3,27,28,29,30). The molecule has 8 heteroatoms. The summed E-state index contributed by atoms with van der Waals surface area (Å²) in [5.74, 6) is 3.75. The van der Waals surface area contributed by atoms with Crippen LogP contribution in [0.2, 0.25) is 0 Å². The quantitative estimate of drug-likeness (QED) is 0.458. The Morgan fingerprint density at radius 3 is 2.38 bits per heavy atom. The van der Waals surface area contributed by atoms with Crippen molar-refractivity contribution in [1.82, 2.24) is 9.97 Å². The monoisotopic (exact) mass is 478 g/mol. The zero-order valence-corrected chi connectivity index (χ0v) is 21.1. The van der Waals surface area contributed by atoms with Crippen molar-refractivity contribution in [2.75, 3.05) is 11.1 Å². The van der Waals surface area contributed by atoms with Gasteiger partial charge in [0.25, 0.3) is 0 Å². The third kappa shape index (κ3) is 5.00. The van der Waals surface area contributed by atoms with Crippen LogP contribution in [0.1, 0.15) is 44.4 Å². The summed E-state index contributed by atoms with van der Waals surface area (Å²) in [4.78, 5) is 9.02. The van der Waals surface area contributed by atoms with Crippen LogP contribution in [0.5, 0.6) is 5.75 Å². The number of benzene rings is 2.